The quantitative estimate of drug-likeness (QED) is 0.524. The summed E-state index contributed by atoms with van der Waals surface area (Å²) in [5.41, 5.74) is -0.369. The highest BCUT2D eigenvalue weighted by Crippen LogP contribution is 2.32. The molecule has 4 rings (SSSR count). The molecule has 146 valence electrons. The fourth-order valence-corrected chi connectivity index (χ4v) is 3.90. The van der Waals surface area contributed by atoms with Crippen LogP contribution in [-0.4, -0.2) is 15.6 Å². The Morgan fingerprint density at radius 2 is 1.86 bits per heavy atom. The second-order valence-corrected chi connectivity index (χ2v) is 7.23. The molecule has 0 bridgehead atoms. The number of nitrogens with zero attached hydrogens (tertiary/aromatic N) is 1. The van der Waals surface area contributed by atoms with E-state index >= 15 is 0 Å². The van der Waals surface area contributed by atoms with E-state index in [9.17, 15) is 23.5 Å². The molecule has 8 heteroatoms. The van der Waals surface area contributed by atoms with E-state index in [1.54, 1.807) is 11.4 Å². The predicted octanol–water partition coefficient (Wildman–Crippen LogP) is 4.35. The second kappa shape index (κ2) is 7.48. The van der Waals surface area contributed by atoms with Crippen LogP contribution in [0.3, 0.4) is 0 Å². The van der Waals surface area contributed by atoms with Gasteiger partial charge in [-0.2, -0.15) is 0 Å². The first kappa shape index (κ1) is 18.8. The van der Waals surface area contributed by atoms with Crippen molar-refractivity contribution in [1.82, 2.24) is 4.57 Å². The molecule has 0 radical (unpaired) electrons. The third-order valence-electron chi connectivity index (χ3n) is 4.43. The number of aromatic hydroxyl groups is 1. The minimum Gasteiger partial charge on any atom is -0.505 e. The molecular formula is C21H14F2N2O3S. The van der Waals surface area contributed by atoms with Crippen molar-refractivity contribution in [2.75, 3.05) is 5.32 Å². The second-order valence-electron chi connectivity index (χ2n) is 6.31. The summed E-state index contributed by atoms with van der Waals surface area (Å²) in [6.07, 6.45) is 0. The number of pyridine rings is 1. The molecule has 5 nitrogen and oxygen atoms in total. The summed E-state index contributed by atoms with van der Waals surface area (Å²) in [5.74, 6) is -3.12. The molecule has 29 heavy (non-hydrogen) atoms. The fourth-order valence-electron chi connectivity index (χ4n) is 3.06. The molecule has 0 fully saturated rings. The van der Waals surface area contributed by atoms with Crippen LogP contribution in [0.15, 0.2) is 64.8 Å². The molecule has 1 amide bonds. The van der Waals surface area contributed by atoms with Gasteiger partial charge in [-0.05, 0) is 29.1 Å². The number of benzene rings is 2. The first-order valence-corrected chi connectivity index (χ1v) is 9.47. The number of nitrogens with one attached hydrogen (secondary N) is 1. The van der Waals surface area contributed by atoms with E-state index in [0.29, 0.717) is 10.2 Å². The van der Waals surface area contributed by atoms with Crippen LogP contribution in [0.4, 0.5) is 14.5 Å². The van der Waals surface area contributed by atoms with Crippen LogP contribution in [0.1, 0.15) is 15.9 Å². The number of thiophene rings is 1. The monoisotopic (exact) mass is 412 g/mol. The number of fused-ring (bicyclic) bond motifs is 1. The standard InChI is InChI=1S/C21H14F2N2O3S/c22-13-6-7-14(23)15(10-13)24-20(27)17-18(26)19-16(8-9-29-19)25(21(17)28)11-12-4-2-1-3-5-12/h1-10,26H,11H2,(H,24,27). The Balaban J connectivity index is 1.83. The topological polar surface area (TPSA) is 71.3 Å². The van der Waals surface area contributed by atoms with Crippen molar-refractivity contribution in [3.8, 4) is 5.75 Å². The molecule has 0 aliphatic carbocycles. The maximum atomic E-state index is 13.9. The summed E-state index contributed by atoms with van der Waals surface area (Å²) in [7, 11) is 0. The summed E-state index contributed by atoms with van der Waals surface area (Å²) < 4.78 is 29.0. The van der Waals surface area contributed by atoms with Gasteiger partial charge in [-0.1, -0.05) is 30.3 Å². The molecule has 2 heterocycles. The van der Waals surface area contributed by atoms with E-state index in [0.717, 1.165) is 23.8 Å². The highest BCUT2D eigenvalue weighted by Gasteiger charge is 2.24. The summed E-state index contributed by atoms with van der Waals surface area (Å²) in [5, 5.41) is 14.4. The smallest absolute Gasteiger partial charge is 0.268 e. The summed E-state index contributed by atoms with van der Waals surface area (Å²) in [6, 6.07) is 13.4. The van der Waals surface area contributed by atoms with E-state index in [2.05, 4.69) is 5.32 Å². The Kier molecular flexibility index (Phi) is 4.85. The average molecular weight is 412 g/mol. The third-order valence-corrected chi connectivity index (χ3v) is 5.34. The minimum absolute atomic E-state index is 0.182. The summed E-state index contributed by atoms with van der Waals surface area (Å²) >= 11 is 1.17. The Bertz CT molecular complexity index is 1280. The van der Waals surface area contributed by atoms with E-state index < -0.39 is 40.1 Å². The van der Waals surface area contributed by atoms with Gasteiger partial charge in [-0.25, -0.2) is 8.78 Å². The van der Waals surface area contributed by atoms with Crippen LogP contribution < -0.4 is 10.9 Å². The molecule has 4 aromatic rings. The van der Waals surface area contributed by atoms with Gasteiger partial charge in [0.2, 0.25) is 0 Å². The van der Waals surface area contributed by atoms with Crippen LogP contribution in [0, 0.1) is 11.6 Å². The van der Waals surface area contributed by atoms with Gasteiger partial charge in [-0.15, -0.1) is 11.3 Å². The molecule has 0 aliphatic heterocycles. The Hall–Kier alpha value is -3.52. The zero-order chi connectivity index (χ0) is 20.5. The number of carbonyl (C=O) groups excluding carboxylic acids is 1. The maximum absolute atomic E-state index is 13.9. The molecule has 0 atom stereocenters. The normalized spacial score (nSPS) is 11.0. The largest absolute Gasteiger partial charge is 0.505 e. The SMILES string of the molecule is O=C(Nc1cc(F)ccc1F)c1c(O)c2sccc2n(Cc2ccccc2)c1=O. The lowest BCUT2D eigenvalue weighted by molar-refractivity contribution is 0.102. The number of rotatable bonds is 4. The lowest BCUT2D eigenvalue weighted by atomic mass is 10.1. The van der Waals surface area contributed by atoms with Crippen LogP contribution in [0.25, 0.3) is 10.2 Å². The number of amides is 1. The van der Waals surface area contributed by atoms with Crippen molar-refractivity contribution in [2.45, 2.75) is 6.54 Å². The lowest BCUT2D eigenvalue weighted by Crippen LogP contribution is -2.30. The molecule has 0 saturated heterocycles. The number of anilines is 1. The van der Waals surface area contributed by atoms with Gasteiger partial charge in [-0.3, -0.25) is 9.59 Å². The number of carbonyl (C=O) groups is 1. The molecule has 0 unspecified atom stereocenters. The van der Waals surface area contributed by atoms with Gasteiger partial charge >= 0.3 is 0 Å². The molecule has 0 aliphatic rings. The van der Waals surface area contributed by atoms with Crippen molar-refractivity contribution >= 4 is 33.1 Å². The summed E-state index contributed by atoms with van der Waals surface area (Å²) in [6.45, 7) is 0.182. The zero-order valence-electron chi connectivity index (χ0n) is 14.9. The van der Waals surface area contributed by atoms with Gasteiger partial charge in [0.25, 0.3) is 11.5 Å². The average Bonchev–Trinajstić information content (AvgIpc) is 3.19. The highest BCUT2D eigenvalue weighted by atomic mass is 32.1. The Labute approximate surface area is 167 Å². The van der Waals surface area contributed by atoms with Crippen molar-refractivity contribution < 1.29 is 18.7 Å². The summed E-state index contributed by atoms with van der Waals surface area (Å²) in [4.78, 5) is 25.8. The lowest BCUT2D eigenvalue weighted by Gasteiger charge is -2.13. The number of hydrogen-bond acceptors (Lipinski definition) is 4. The molecule has 0 spiro atoms. The van der Waals surface area contributed by atoms with Crippen molar-refractivity contribution in [2.24, 2.45) is 0 Å². The predicted molar refractivity (Wildman–Crippen MR) is 108 cm³/mol. The van der Waals surface area contributed by atoms with E-state index in [4.69, 9.17) is 0 Å². The number of aromatic nitrogens is 1. The molecular weight excluding hydrogens is 398 g/mol. The molecule has 0 saturated carbocycles. The van der Waals surface area contributed by atoms with Gasteiger partial charge in [0, 0.05) is 6.07 Å². The van der Waals surface area contributed by atoms with Gasteiger partial charge in [0.15, 0.2) is 5.75 Å². The molecule has 2 aromatic carbocycles. The fraction of sp³-hybridized carbons (Fsp3) is 0.0476. The van der Waals surface area contributed by atoms with Crippen molar-refractivity contribution in [3.63, 3.8) is 0 Å². The first-order valence-electron chi connectivity index (χ1n) is 8.59. The van der Waals surface area contributed by atoms with Crippen LogP contribution in [-0.2, 0) is 6.54 Å². The number of halogens is 2. The molecule has 2 aromatic heterocycles. The van der Waals surface area contributed by atoms with E-state index in [1.165, 1.54) is 15.9 Å². The van der Waals surface area contributed by atoms with Crippen LogP contribution >= 0.6 is 11.3 Å². The van der Waals surface area contributed by atoms with Crippen LogP contribution in [0.2, 0.25) is 0 Å². The Morgan fingerprint density at radius 3 is 2.62 bits per heavy atom. The van der Waals surface area contributed by atoms with Gasteiger partial charge < -0.3 is 15.0 Å². The first-order chi connectivity index (χ1) is 14.0. The van der Waals surface area contributed by atoms with Crippen molar-refractivity contribution in [1.29, 1.82) is 0 Å². The highest BCUT2D eigenvalue weighted by molar-refractivity contribution is 7.17. The van der Waals surface area contributed by atoms with Crippen LogP contribution in [0.5, 0.6) is 5.75 Å². The minimum atomic E-state index is -1.02. The van der Waals surface area contributed by atoms with Crippen molar-refractivity contribution in [3.05, 3.63) is 93.1 Å². The zero-order valence-corrected chi connectivity index (χ0v) is 15.7. The third kappa shape index (κ3) is 3.50. The Morgan fingerprint density at radius 1 is 1.10 bits per heavy atom. The van der Waals surface area contributed by atoms with E-state index in [1.807, 2.05) is 30.3 Å². The number of hydrogen-bond donors (Lipinski definition) is 2. The van der Waals surface area contributed by atoms with Gasteiger partial charge in [0.05, 0.1) is 22.4 Å². The van der Waals surface area contributed by atoms with E-state index in [-0.39, 0.29) is 6.54 Å². The van der Waals surface area contributed by atoms with Gasteiger partial charge in [0.1, 0.15) is 17.2 Å². The molecule has 2 N–H and O–H groups in total. The maximum Gasteiger partial charge on any atom is 0.268 e.